The van der Waals surface area contributed by atoms with E-state index in [9.17, 15) is 14.5 Å². The van der Waals surface area contributed by atoms with Crippen molar-refractivity contribution in [2.45, 2.75) is 89.8 Å². The fraction of sp³-hybridized carbons (Fsp3) is 0.762. The van der Waals surface area contributed by atoms with Gasteiger partial charge >= 0.3 is 13.8 Å². The molecule has 31 heavy (non-hydrogen) atoms. The summed E-state index contributed by atoms with van der Waals surface area (Å²) in [7, 11) is -4.65. The van der Waals surface area contributed by atoms with Crippen molar-refractivity contribution in [2.24, 2.45) is 0 Å². The minimum absolute atomic E-state index is 0.215. The van der Waals surface area contributed by atoms with Gasteiger partial charge in [0.05, 0.1) is 6.61 Å². The van der Waals surface area contributed by atoms with Crippen molar-refractivity contribution < 1.29 is 43.7 Å². The first-order valence-corrected chi connectivity index (χ1v) is 12.5. The van der Waals surface area contributed by atoms with E-state index < -0.39 is 26.5 Å². The third kappa shape index (κ3) is 21.9. The molecule has 10 heteroatoms. The Morgan fingerprint density at radius 1 is 0.968 bits per heavy atom. The van der Waals surface area contributed by atoms with E-state index in [2.05, 4.69) is 22.4 Å². The quantitative estimate of drug-likeness (QED) is 0.0516. The largest absolute Gasteiger partial charge is 0.469 e. The molecule has 2 atom stereocenters. The van der Waals surface area contributed by atoms with E-state index in [1.165, 1.54) is 19.3 Å². The predicted molar refractivity (Wildman–Crippen MR) is 117 cm³/mol. The van der Waals surface area contributed by atoms with Crippen LogP contribution in [0.1, 0.15) is 77.6 Å². The van der Waals surface area contributed by atoms with Crippen LogP contribution in [-0.2, 0) is 23.5 Å². The molecule has 0 radical (unpaired) electrons. The number of phosphoric ester groups is 1. The van der Waals surface area contributed by atoms with Crippen molar-refractivity contribution in [3.8, 4) is 0 Å². The smallest absolute Gasteiger partial charge is 0.463 e. The Morgan fingerprint density at radius 3 is 2.32 bits per heavy atom. The number of ether oxygens (including phenoxy) is 1. The van der Waals surface area contributed by atoms with Crippen molar-refractivity contribution in [1.29, 1.82) is 0 Å². The highest BCUT2D eigenvalue weighted by Crippen LogP contribution is 2.35. The molecule has 0 fully saturated rings. The van der Waals surface area contributed by atoms with E-state index in [4.69, 9.17) is 19.8 Å². The summed E-state index contributed by atoms with van der Waals surface area (Å²) in [6.07, 6.45) is 16.2. The predicted octanol–water partition coefficient (Wildman–Crippen LogP) is 4.28. The van der Waals surface area contributed by atoms with Gasteiger partial charge in [-0.25, -0.2) is 9.45 Å². The Kier molecular flexibility index (Phi) is 18.9. The third-order valence-corrected chi connectivity index (χ3v) is 4.85. The number of carbonyl (C=O) groups is 1. The number of rotatable bonds is 20. The molecule has 0 aromatic heterocycles. The molecule has 9 nitrogen and oxygen atoms in total. The molecule has 0 rings (SSSR count). The van der Waals surface area contributed by atoms with Crippen LogP contribution < -0.4 is 0 Å². The molecule has 0 heterocycles. The first kappa shape index (κ1) is 29.9. The van der Waals surface area contributed by atoms with Gasteiger partial charge in [-0.15, -0.1) is 0 Å². The average Bonchev–Trinajstić information content (AvgIpc) is 2.72. The normalized spacial score (nSPS) is 14.4. The molecule has 0 bridgehead atoms. The van der Waals surface area contributed by atoms with Crippen molar-refractivity contribution in [3.05, 3.63) is 24.3 Å². The van der Waals surface area contributed by atoms with E-state index in [-0.39, 0.29) is 19.1 Å². The lowest BCUT2D eigenvalue weighted by Gasteiger charge is -2.12. The van der Waals surface area contributed by atoms with E-state index in [0.29, 0.717) is 12.8 Å². The van der Waals surface area contributed by atoms with Crippen LogP contribution in [0, 0.1) is 0 Å². The van der Waals surface area contributed by atoms with Gasteiger partial charge in [0.2, 0.25) is 0 Å². The SMILES string of the molecule is CCCCCC=CCC(C=CCCCCCCC(=O)OC[C@H](O)COP(=O)(O)O)OO. The summed E-state index contributed by atoms with van der Waals surface area (Å²) in [6.45, 7) is 1.19. The summed E-state index contributed by atoms with van der Waals surface area (Å²) in [5.74, 6) is -0.471. The summed E-state index contributed by atoms with van der Waals surface area (Å²) in [4.78, 5) is 33.1. The molecule has 0 saturated heterocycles. The average molecular weight is 467 g/mol. The van der Waals surface area contributed by atoms with Crippen LogP contribution in [0.4, 0.5) is 0 Å². The zero-order valence-electron chi connectivity index (χ0n) is 18.4. The fourth-order valence-corrected chi connectivity index (χ4v) is 3.01. The first-order chi connectivity index (χ1) is 14.8. The van der Waals surface area contributed by atoms with Gasteiger partial charge in [-0.2, -0.15) is 0 Å². The van der Waals surface area contributed by atoms with Gasteiger partial charge in [0, 0.05) is 6.42 Å². The standard InChI is InChI=1S/C21H39O9P/c1-2-3-4-5-8-11-14-20(30-24)15-12-9-6-7-10-13-16-21(23)28-17-19(22)18-29-31(25,26)27/h8,11-12,15,19-20,22,24H,2-7,9-10,13-14,16-18H2,1H3,(H2,25,26,27)/t19-,20?/m0/s1. The number of esters is 1. The summed E-state index contributed by atoms with van der Waals surface area (Å²) < 4.78 is 19.5. The fourth-order valence-electron chi connectivity index (χ4n) is 2.64. The van der Waals surface area contributed by atoms with Gasteiger partial charge in [0.15, 0.2) is 0 Å². The van der Waals surface area contributed by atoms with E-state index in [1.54, 1.807) is 0 Å². The van der Waals surface area contributed by atoms with Gasteiger partial charge in [-0.05, 0) is 38.5 Å². The van der Waals surface area contributed by atoms with Crippen LogP contribution in [0.25, 0.3) is 0 Å². The van der Waals surface area contributed by atoms with Crippen molar-refractivity contribution in [3.63, 3.8) is 0 Å². The Balaban J connectivity index is 3.69. The Bertz CT molecular complexity index is 545. The molecule has 0 saturated carbocycles. The number of hydrogen-bond donors (Lipinski definition) is 4. The Labute approximate surface area is 185 Å². The van der Waals surface area contributed by atoms with Gasteiger partial charge in [0.25, 0.3) is 0 Å². The molecular formula is C21H39O9P. The zero-order valence-corrected chi connectivity index (χ0v) is 19.3. The second kappa shape index (κ2) is 19.6. The molecule has 1 unspecified atom stereocenters. The maximum Gasteiger partial charge on any atom is 0.469 e. The molecule has 0 spiro atoms. The summed E-state index contributed by atoms with van der Waals surface area (Å²) in [6, 6.07) is 0. The number of carbonyl (C=O) groups excluding carboxylic acids is 1. The number of unbranched alkanes of at least 4 members (excludes halogenated alkanes) is 7. The van der Waals surface area contributed by atoms with E-state index in [1.807, 2.05) is 18.2 Å². The molecule has 0 aromatic carbocycles. The Hall–Kier alpha value is -1.06. The highest BCUT2D eigenvalue weighted by Gasteiger charge is 2.17. The van der Waals surface area contributed by atoms with Crippen LogP contribution in [0.15, 0.2) is 24.3 Å². The lowest BCUT2D eigenvalue weighted by atomic mass is 10.1. The van der Waals surface area contributed by atoms with Crippen LogP contribution in [0.3, 0.4) is 0 Å². The van der Waals surface area contributed by atoms with E-state index in [0.717, 1.165) is 32.1 Å². The molecule has 182 valence electrons. The van der Waals surface area contributed by atoms with Crippen molar-refractivity contribution in [2.75, 3.05) is 13.2 Å². The highest BCUT2D eigenvalue weighted by molar-refractivity contribution is 7.46. The highest BCUT2D eigenvalue weighted by atomic mass is 31.2. The van der Waals surface area contributed by atoms with Gasteiger partial charge < -0.3 is 19.6 Å². The van der Waals surface area contributed by atoms with Crippen molar-refractivity contribution in [1.82, 2.24) is 0 Å². The number of hydrogen-bond acceptors (Lipinski definition) is 7. The van der Waals surface area contributed by atoms with Crippen LogP contribution in [0.5, 0.6) is 0 Å². The van der Waals surface area contributed by atoms with E-state index >= 15 is 0 Å². The van der Waals surface area contributed by atoms with Crippen LogP contribution in [-0.4, -0.2) is 51.5 Å². The number of aliphatic hydroxyl groups excluding tert-OH is 1. The molecular weight excluding hydrogens is 427 g/mol. The van der Waals surface area contributed by atoms with Gasteiger partial charge in [-0.3, -0.25) is 14.6 Å². The Morgan fingerprint density at radius 2 is 1.65 bits per heavy atom. The molecule has 0 aliphatic rings. The third-order valence-electron chi connectivity index (χ3n) is 4.37. The van der Waals surface area contributed by atoms with Gasteiger partial charge in [0.1, 0.15) is 18.8 Å². The van der Waals surface area contributed by atoms with Crippen LogP contribution >= 0.6 is 7.82 Å². The number of aliphatic hydroxyl groups is 1. The minimum atomic E-state index is -4.65. The summed E-state index contributed by atoms with van der Waals surface area (Å²) in [5, 5.41) is 18.4. The molecule has 0 aliphatic heterocycles. The maximum absolute atomic E-state index is 11.6. The lowest BCUT2D eigenvalue weighted by Crippen LogP contribution is -2.23. The maximum atomic E-state index is 11.6. The molecule has 0 aromatic rings. The van der Waals surface area contributed by atoms with Crippen molar-refractivity contribution >= 4 is 13.8 Å². The first-order valence-electron chi connectivity index (χ1n) is 10.9. The zero-order chi connectivity index (χ0) is 23.4. The monoisotopic (exact) mass is 466 g/mol. The minimum Gasteiger partial charge on any atom is -0.463 e. The lowest BCUT2D eigenvalue weighted by molar-refractivity contribution is -0.264. The molecule has 0 aliphatic carbocycles. The second-order valence-corrected chi connectivity index (χ2v) is 8.59. The summed E-state index contributed by atoms with van der Waals surface area (Å²) in [5.41, 5.74) is 0. The molecule has 0 amide bonds. The topological polar surface area (TPSA) is 143 Å². The summed E-state index contributed by atoms with van der Waals surface area (Å²) >= 11 is 0. The second-order valence-electron chi connectivity index (χ2n) is 7.35. The van der Waals surface area contributed by atoms with Crippen LogP contribution in [0.2, 0.25) is 0 Å². The molecule has 4 N–H and O–H groups in total. The van der Waals surface area contributed by atoms with Gasteiger partial charge in [-0.1, -0.05) is 56.9 Å². The number of allylic oxidation sites excluding steroid dienone is 2. The number of phosphoric acid groups is 1.